The third-order valence-electron chi connectivity index (χ3n) is 3.29. The van der Waals surface area contributed by atoms with Crippen molar-refractivity contribution in [2.45, 2.75) is 0 Å². The van der Waals surface area contributed by atoms with E-state index in [1.165, 1.54) is 6.08 Å². The Labute approximate surface area is 138 Å². The number of benzene rings is 2. The average molecular weight is 328 g/mol. The Morgan fingerprint density at radius 3 is 2.73 bits per heavy atom. The maximum atomic E-state index is 12.4. The Balaban J connectivity index is 1.97. The predicted molar refractivity (Wildman–Crippen MR) is 91.6 cm³/mol. The van der Waals surface area contributed by atoms with E-state index < -0.39 is 0 Å². The van der Waals surface area contributed by atoms with Crippen LogP contribution in [0.5, 0.6) is 0 Å². The van der Waals surface area contributed by atoms with Gasteiger partial charge in [0.15, 0.2) is 5.78 Å². The summed E-state index contributed by atoms with van der Waals surface area (Å²) < 4.78 is 0. The molecule has 0 bridgehead atoms. The topological polar surface area (TPSA) is 30.0 Å². The molecule has 4 heteroatoms. The average Bonchev–Trinajstić information content (AvgIpc) is 2.55. The summed E-state index contributed by atoms with van der Waals surface area (Å²) in [5.74, 6) is -0.102. The molecule has 1 aromatic heterocycles. The summed E-state index contributed by atoms with van der Waals surface area (Å²) in [5, 5.41) is 1.95. The van der Waals surface area contributed by atoms with Gasteiger partial charge < -0.3 is 0 Å². The van der Waals surface area contributed by atoms with Gasteiger partial charge in [0.25, 0.3) is 0 Å². The van der Waals surface area contributed by atoms with Crippen LogP contribution in [0.4, 0.5) is 0 Å². The summed E-state index contributed by atoms with van der Waals surface area (Å²) in [7, 11) is 0. The molecule has 0 aliphatic rings. The van der Waals surface area contributed by atoms with E-state index in [9.17, 15) is 4.79 Å². The van der Waals surface area contributed by atoms with Crippen LogP contribution in [0.25, 0.3) is 17.0 Å². The van der Waals surface area contributed by atoms with Gasteiger partial charge in [-0.15, -0.1) is 0 Å². The maximum absolute atomic E-state index is 12.4. The van der Waals surface area contributed by atoms with Gasteiger partial charge in [0, 0.05) is 27.2 Å². The molecule has 0 radical (unpaired) electrons. The Bertz CT molecular complexity index is 882. The van der Waals surface area contributed by atoms with Crippen LogP contribution in [0, 0.1) is 0 Å². The smallest absolute Gasteiger partial charge is 0.186 e. The third-order valence-corrected chi connectivity index (χ3v) is 3.87. The van der Waals surface area contributed by atoms with E-state index in [1.807, 2.05) is 24.3 Å². The lowest BCUT2D eigenvalue weighted by Crippen LogP contribution is -1.96. The maximum Gasteiger partial charge on any atom is 0.186 e. The van der Waals surface area contributed by atoms with Crippen LogP contribution < -0.4 is 0 Å². The highest BCUT2D eigenvalue weighted by Crippen LogP contribution is 2.23. The number of rotatable bonds is 3. The highest BCUT2D eigenvalue weighted by atomic mass is 35.5. The molecule has 0 amide bonds. The number of allylic oxidation sites excluding steroid dienone is 1. The van der Waals surface area contributed by atoms with Crippen LogP contribution in [0.3, 0.4) is 0 Å². The number of hydrogen-bond donors (Lipinski definition) is 0. The molecule has 0 saturated heterocycles. The van der Waals surface area contributed by atoms with Crippen molar-refractivity contribution in [3.8, 4) is 0 Å². The van der Waals surface area contributed by atoms with E-state index in [4.69, 9.17) is 23.2 Å². The molecule has 0 N–H and O–H groups in total. The van der Waals surface area contributed by atoms with Crippen molar-refractivity contribution in [2.75, 3.05) is 0 Å². The summed E-state index contributed by atoms with van der Waals surface area (Å²) in [4.78, 5) is 16.7. The van der Waals surface area contributed by atoms with Gasteiger partial charge in [0.05, 0.1) is 5.52 Å². The van der Waals surface area contributed by atoms with E-state index in [0.717, 1.165) is 10.9 Å². The lowest BCUT2D eigenvalue weighted by atomic mass is 10.0. The lowest BCUT2D eigenvalue weighted by molar-refractivity contribution is 0.104. The Morgan fingerprint density at radius 2 is 1.86 bits per heavy atom. The van der Waals surface area contributed by atoms with Gasteiger partial charge in [-0.25, -0.2) is 0 Å². The van der Waals surface area contributed by atoms with Gasteiger partial charge in [-0.05, 0) is 48.0 Å². The molecule has 3 aromatic rings. The molecule has 0 unspecified atom stereocenters. The molecule has 22 heavy (non-hydrogen) atoms. The number of carbonyl (C=O) groups is 1. The molecule has 2 aromatic carbocycles. The zero-order chi connectivity index (χ0) is 15.5. The molecule has 0 spiro atoms. The molecule has 1 heterocycles. The van der Waals surface area contributed by atoms with Crippen molar-refractivity contribution in [3.05, 3.63) is 82.0 Å². The van der Waals surface area contributed by atoms with E-state index in [2.05, 4.69) is 4.98 Å². The largest absolute Gasteiger partial charge is 0.289 e. The van der Waals surface area contributed by atoms with Crippen LogP contribution >= 0.6 is 23.2 Å². The summed E-state index contributed by atoms with van der Waals surface area (Å²) in [6, 6.07) is 14.4. The monoisotopic (exact) mass is 327 g/mol. The Morgan fingerprint density at radius 1 is 1.05 bits per heavy atom. The number of aromatic nitrogens is 1. The molecule has 0 fully saturated rings. The molecule has 0 aliphatic heterocycles. The number of carbonyl (C=O) groups excluding carboxylic acids is 1. The summed E-state index contributed by atoms with van der Waals surface area (Å²) in [6.45, 7) is 0. The number of ketones is 1. The number of hydrogen-bond acceptors (Lipinski definition) is 2. The molecule has 0 saturated carbocycles. The zero-order valence-electron chi connectivity index (χ0n) is 11.5. The number of para-hydroxylation sites is 1. The third kappa shape index (κ3) is 3.03. The first-order valence-electron chi connectivity index (χ1n) is 6.66. The van der Waals surface area contributed by atoms with Gasteiger partial charge in [-0.2, -0.15) is 0 Å². The lowest BCUT2D eigenvalue weighted by Gasteiger charge is -2.02. The van der Waals surface area contributed by atoms with Crippen molar-refractivity contribution >= 4 is 46.0 Å². The number of halogens is 2. The number of pyridine rings is 1. The summed E-state index contributed by atoms with van der Waals surface area (Å²) in [6.07, 6.45) is 4.81. The fraction of sp³-hybridized carbons (Fsp3) is 0. The number of nitrogens with zero attached hydrogens (tertiary/aromatic N) is 1. The fourth-order valence-corrected chi connectivity index (χ4v) is 2.57. The van der Waals surface area contributed by atoms with Gasteiger partial charge in [0.2, 0.25) is 0 Å². The molecule has 0 aliphatic carbocycles. The van der Waals surface area contributed by atoms with Crippen LogP contribution in [0.15, 0.2) is 60.8 Å². The van der Waals surface area contributed by atoms with Gasteiger partial charge in [-0.1, -0.05) is 41.4 Å². The minimum Gasteiger partial charge on any atom is -0.289 e. The molecule has 3 rings (SSSR count). The SMILES string of the molecule is O=C(/C=C/c1cc(Cl)ccc1Cl)c1ccnc2ccccc12. The highest BCUT2D eigenvalue weighted by Gasteiger charge is 2.07. The van der Waals surface area contributed by atoms with Gasteiger partial charge in [0.1, 0.15) is 0 Å². The second-order valence-corrected chi connectivity index (χ2v) is 5.58. The standard InChI is InChI=1S/C18H11Cl2NO/c19-13-6-7-16(20)12(11-13)5-8-18(22)15-9-10-21-17-4-2-1-3-14(15)17/h1-11H/b8-5+. The Hall–Kier alpha value is -2.16. The molecular formula is C18H11Cl2NO. The molecular weight excluding hydrogens is 317 g/mol. The fourth-order valence-electron chi connectivity index (χ4n) is 2.21. The van der Waals surface area contributed by atoms with Crippen molar-refractivity contribution in [3.63, 3.8) is 0 Å². The van der Waals surface area contributed by atoms with Gasteiger partial charge in [-0.3, -0.25) is 9.78 Å². The quantitative estimate of drug-likeness (QED) is 0.473. The highest BCUT2D eigenvalue weighted by molar-refractivity contribution is 6.34. The van der Waals surface area contributed by atoms with Crippen LogP contribution in [-0.4, -0.2) is 10.8 Å². The normalized spacial score (nSPS) is 11.2. The number of fused-ring (bicyclic) bond motifs is 1. The van der Waals surface area contributed by atoms with Gasteiger partial charge >= 0.3 is 0 Å². The zero-order valence-corrected chi connectivity index (χ0v) is 13.0. The molecule has 2 nitrogen and oxygen atoms in total. The first-order chi connectivity index (χ1) is 10.6. The Kier molecular flexibility index (Phi) is 4.23. The van der Waals surface area contributed by atoms with E-state index in [1.54, 1.807) is 36.5 Å². The van der Waals surface area contributed by atoms with E-state index in [0.29, 0.717) is 21.2 Å². The van der Waals surface area contributed by atoms with Crippen molar-refractivity contribution in [1.82, 2.24) is 4.98 Å². The van der Waals surface area contributed by atoms with Crippen LogP contribution in [0.1, 0.15) is 15.9 Å². The molecule has 108 valence electrons. The summed E-state index contributed by atoms with van der Waals surface area (Å²) in [5.41, 5.74) is 2.11. The first kappa shape index (κ1) is 14.8. The molecule has 0 atom stereocenters. The van der Waals surface area contributed by atoms with Crippen LogP contribution in [-0.2, 0) is 0 Å². The minimum atomic E-state index is -0.102. The van der Waals surface area contributed by atoms with Crippen molar-refractivity contribution in [2.24, 2.45) is 0 Å². The van der Waals surface area contributed by atoms with Crippen molar-refractivity contribution in [1.29, 1.82) is 0 Å². The predicted octanol–water partition coefficient (Wildman–Crippen LogP) is 5.44. The van der Waals surface area contributed by atoms with E-state index in [-0.39, 0.29) is 5.78 Å². The van der Waals surface area contributed by atoms with Crippen molar-refractivity contribution < 1.29 is 4.79 Å². The first-order valence-corrected chi connectivity index (χ1v) is 7.42. The van der Waals surface area contributed by atoms with Crippen LogP contribution in [0.2, 0.25) is 10.0 Å². The second-order valence-electron chi connectivity index (χ2n) is 4.74. The second kappa shape index (κ2) is 6.30. The summed E-state index contributed by atoms with van der Waals surface area (Å²) >= 11 is 12.0. The minimum absolute atomic E-state index is 0.102. The van der Waals surface area contributed by atoms with E-state index >= 15 is 0 Å².